The monoisotopic (exact) mass is 570 g/mol. The SMILES string of the molecule is CCCCCCCCOc1cc(S(=O)(=O)O)c2ccc3c(S(=O)(=O)O)cc(S(=O)(=O)O)c4ccc1c2c43. The molecule has 10 nitrogen and oxygen atoms in total. The lowest BCUT2D eigenvalue weighted by Crippen LogP contribution is -2.07. The molecule has 4 aromatic rings. The minimum absolute atomic E-state index is 0.0173. The Labute approximate surface area is 214 Å². The van der Waals surface area contributed by atoms with Crippen LogP contribution in [0.25, 0.3) is 32.3 Å². The summed E-state index contributed by atoms with van der Waals surface area (Å²) in [6, 6.07) is 7.08. The Kier molecular flexibility index (Phi) is 7.40. The Balaban J connectivity index is 2.01. The van der Waals surface area contributed by atoms with Gasteiger partial charge in [-0.05, 0) is 18.6 Å². The molecule has 0 aliphatic carbocycles. The van der Waals surface area contributed by atoms with Crippen LogP contribution in [-0.4, -0.2) is 45.5 Å². The van der Waals surface area contributed by atoms with Crippen molar-refractivity contribution in [3.8, 4) is 5.75 Å². The molecule has 0 radical (unpaired) electrons. The number of unbranched alkanes of at least 4 members (excludes halogenated alkanes) is 5. The van der Waals surface area contributed by atoms with Crippen LogP contribution in [0.15, 0.2) is 51.1 Å². The molecule has 0 bridgehead atoms. The summed E-state index contributed by atoms with van der Waals surface area (Å²) < 4.78 is 109. The quantitative estimate of drug-likeness (QED) is 0.126. The lowest BCUT2D eigenvalue weighted by Gasteiger charge is -2.19. The highest BCUT2D eigenvalue weighted by Gasteiger charge is 2.28. The predicted octanol–water partition coefficient (Wildman–Crippen LogP) is 5.06. The van der Waals surface area contributed by atoms with Gasteiger partial charge in [0.15, 0.2) is 0 Å². The van der Waals surface area contributed by atoms with Gasteiger partial charge < -0.3 is 4.74 Å². The molecular formula is C24H26O10S3. The maximum atomic E-state index is 12.3. The molecule has 0 aliphatic rings. The van der Waals surface area contributed by atoms with Crippen molar-refractivity contribution in [3.05, 3.63) is 36.4 Å². The van der Waals surface area contributed by atoms with Crippen LogP contribution in [-0.2, 0) is 30.4 Å². The van der Waals surface area contributed by atoms with E-state index in [1.165, 1.54) is 30.3 Å². The van der Waals surface area contributed by atoms with Crippen LogP contribution < -0.4 is 4.74 Å². The highest BCUT2D eigenvalue weighted by atomic mass is 32.2. The van der Waals surface area contributed by atoms with Gasteiger partial charge >= 0.3 is 0 Å². The molecule has 0 unspecified atom stereocenters. The molecule has 0 amide bonds. The molecule has 0 heterocycles. The zero-order valence-electron chi connectivity index (χ0n) is 19.8. The summed E-state index contributed by atoms with van der Waals surface area (Å²) in [5.74, 6) is 0.0914. The molecule has 0 aliphatic heterocycles. The van der Waals surface area contributed by atoms with E-state index in [0.29, 0.717) is 17.9 Å². The fraction of sp³-hybridized carbons (Fsp3) is 0.333. The summed E-state index contributed by atoms with van der Waals surface area (Å²) in [5.41, 5.74) is 0. The highest BCUT2D eigenvalue weighted by molar-refractivity contribution is 7.87. The second kappa shape index (κ2) is 9.97. The van der Waals surface area contributed by atoms with Crippen LogP contribution in [0.1, 0.15) is 45.4 Å². The van der Waals surface area contributed by atoms with Gasteiger partial charge in [-0.15, -0.1) is 0 Å². The zero-order chi connectivity index (χ0) is 27.2. The van der Waals surface area contributed by atoms with E-state index in [2.05, 4.69) is 6.92 Å². The Morgan fingerprint density at radius 3 is 1.49 bits per heavy atom. The first kappa shape index (κ1) is 27.5. The molecule has 0 aromatic heterocycles. The lowest BCUT2D eigenvalue weighted by atomic mass is 9.93. The largest absolute Gasteiger partial charge is 0.493 e. The van der Waals surface area contributed by atoms with Crippen molar-refractivity contribution in [1.29, 1.82) is 0 Å². The maximum Gasteiger partial charge on any atom is 0.295 e. The maximum absolute atomic E-state index is 12.3. The summed E-state index contributed by atoms with van der Waals surface area (Å²) in [6.45, 7) is 2.36. The van der Waals surface area contributed by atoms with Crippen molar-refractivity contribution in [1.82, 2.24) is 0 Å². The standard InChI is InChI=1S/C24H26O10S3/c1-2-3-4-5-6-7-12-34-19-13-20(35(25,26)27)16-10-11-18-22(37(31,32)33)14-21(36(28,29)30)17-9-8-15(19)23(16)24(17)18/h8-11,13-14H,2-7,12H2,1H3,(H,25,26,27)(H,28,29,30)(H,31,32,33). The van der Waals surface area contributed by atoms with E-state index < -0.39 is 45.0 Å². The predicted molar refractivity (Wildman–Crippen MR) is 138 cm³/mol. The first-order chi connectivity index (χ1) is 17.2. The second-order valence-corrected chi connectivity index (χ2v) is 13.0. The van der Waals surface area contributed by atoms with Crippen molar-refractivity contribution in [2.75, 3.05) is 6.61 Å². The molecule has 13 heteroatoms. The average molecular weight is 571 g/mol. The molecule has 0 saturated heterocycles. The Morgan fingerprint density at radius 2 is 1.00 bits per heavy atom. The summed E-state index contributed by atoms with van der Waals surface area (Å²) in [4.78, 5) is -2.08. The van der Waals surface area contributed by atoms with Gasteiger partial charge in [0.1, 0.15) is 20.4 Å². The van der Waals surface area contributed by atoms with Crippen LogP contribution in [0.5, 0.6) is 5.75 Å². The van der Waals surface area contributed by atoms with E-state index >= 15 is 0 Å². The molecule has 0 fully saturated rings. The fourth-order valence-corrected chi connectivity index (χ4v) is 6.90. The van der Waals surface area contributed by atoms with E-state index in [-0.39, 0.29) is 39.3 Å². The Morgan fingerprint density at radius 1 is 0.595 bits per heavy atom. The van der Waals surface area contributed by atoms with E-state index in [9.17, 15) is 38.9 Å². The number of benzene rings is 4. The van der Waals surface area contributed by atoms with Gasteiger partial charge in [0, 0.05) is 38.4 Å². The van der Waals surface area contributed by atoms with Crippen LogP contribution in [0.2, 0.25) is 0 Å². The van der Waals surface area contributed by atoms with Crippen LogP contribution >= 0.6 is 0 Å². The average Bonchev–Trinajstić information content (AvgIpc) is 2.79. The Hall–Kier alpha value is -2.55. The van der Waals surface area contributed by atoms with Gasteiger partial charge in [-0.1, -0.05) is 57.2 Å². The smallest absolute Gasteiger partial charge is 0.295 e. The minimum Gasteiger partial charge on any atom is -0.493 e. The van der Waals surface area contributed by atoms with Crippen molar-refractivity contribution < 1.29 is 43.6 Å². The van der Waals surface area contributed by atoms with E-state index in [1.54, 1.807) is 0 Å². The lowest BCUT2D eigenvalue weighted by molar-refractivity contribution is 0.307. The van der Waals surface area contributed by atoms with Crippen LogP contribution in [0.4, 0.5) is 0 Å². The van der Waals surface area contributed by atoms with Crippen LogP contribution in [0.3, 0.4) is 0 Å². The van der Waals surface area contributed by atoms with E-state index in [4.69, 9.17) is 4.74 Å². The number of hydrogen-bond donors (Lipinski definition) is 3. The minimum atomic E-state index is -4.96. The summed E-state index contributed by atoms with van der Waals surface area (Å²) >= 11 is 0. The molecule has 4 rings (SSSR count). The van der Waals surface area contributed by atoms with Gasteiger partial charge in [0.25, 0.3) is 30.4 Å². The third kappa shape index (κ3) is 5.38. The molecule has 0 spiro atoms. The molecule has 3 N–H and O–H groups in total. The van der Waals surface area contributed by atoms with Gasteiger partial charge in [0.05, 0.1) is 6.61 Å². The molecule has 200 valence electrons. The van der Waals surface area contributed by atoms with Gasteiger partial charge in [0.2, 0.25) is 0 Å². The summed E-state index contributed by atoms with van der Waals surface area (Å²) in [7, 11) is -14.7. The molecule has 0 saturated carbocycles. The third-order valence-corrected chi connectivity index (χ3v) is 9.02. The summed E-state index contributed by atoms with van der Waals surface area (Å²) in [5, 5.41) is 0.178. The Bertz CT molecular complexity index is 1760. The first-order valence-corrected chi connectivity index (χ1v) is 15.9. The van der Waals surface area contributed by atoms with Crippen molar-refractivity contribution in [2.45, 2.75) is 60.1 Å². The van der Waals surface area contributed by atoms with Gasteiger partial charge in [-0.3, -0.25) is 13.7 Å². The van der Waals surface area contributed by atoms with Crippen molar-refractivity contribution in [2.24, 2.45) is 0 Å². The summed E-state index contributed by atoms with van der Waals surface area (Å²) in [6.07, 6.45) is 5.93. The van der Waals surface area contributed by atoms with Gasteiger partial charge in [-0.2, -0.15) is 25.3 Å². The molecular weight excluding hydrogens is 544 g/mol. The number of ether oxygens (including phenoxy) is 1. The van der Waals surface area contributed by atoms with E-state index in [0.717, 1.165) is 32.1 Å². The number of rotatable bonds is 11. The van der Waals surface area contributed by atoms with E-state index in [1.807, 2.05) is 0 Å². The third-order valence-electron chi connectivity index (χ3n) is 6.34. The van der Waals surface area contributed by atoms with Crippen molar-refractivity contribution >= 4 is 62.7 Å². The molecule has 37 heavy (non-hydrogen) atoms. The molecule has 0 atom stereocenters. The second-order valence-electron chi connectivity index (χ2n) is 8.86. The first-order valence-electron chi connectivity index (χ1n) is 11.6. The fourth-order valence-electron chi connectivity index (χ4n) is 4.69. The highest BCUT2D eigenvalue weighted by Crippen LogP contribution is 2.45. The normalized spacial score (nSPS) is 13.2. The van der Waals surface area contributed by atoms with Crippen molar-refractivity contribution in [3.63, 3.8) is 0 Å². The molecule has 4 aromatic carbocycles. The van der Waals surface area contributed by atoms with Crippen LogP contribution in [0, 0.1) is 0 Å². The topological polar surface area (TPSA) is 172 Å². The zero-order valence-corrected chi connectivity index (χ0v) is 22.3. The number of hydrogen-bond acceptors (Lipinski definition) is 7. The van der Waals surface area contributed by atoms with Gasteiger partial charge in [-0.25, -0.2) is 0 Å².